The van der Waals surface area contributed by atoms with E-state index < -0.39 is 136 Å². The molecule has 254 valence electrons. The van der Waals surface area contributed by atoms with E-state index in [1.807, 2.05) is 0 Å². The zero-order valence-electron chi connectivity index (χ0n) is 23.4. The number of hydrogen-bond acceptors (Lipinski definition) is 19. The summed E-state index contributed by atoms with van der Waals surface area (Å²) >= 11 is 0. The highest BCUT2D eigenvalue weighted by atomic mass is 16.8. The lowest BCUT2D eigenvalue weighted by molar-refractivity contribution is -0.381. The van der Waals surface area contributed by atoms with Gasteiger partial charge in [0.05, 0.1) is 32.0 Å². The van der Waals surface area contributed by atoms with Gasteiger partial charge in [-0.3, -0.25) is 0 Å². The van der Waals surface area contributed by atoms with Crippen LogP contribution in [0.5, 0.6) is 0 Å². The summed E-state index contributed by atoms with van der Waals surface area (Å²) in [6.07, 6.45) is -32.8. The summed E-state index contributed by atoms with van der Waals surface area (Å²) in [5.74, 6) is 0. The molecule has 19 nitrogen and oxygen atoms in total. The first-order chi connectivity index (χ1) is 20.2. The molecule has 3 rings (SSSR count). The summed E-state index contributed by atoms with van der Waals surface area (Å²) in [5.41, 5.74) is 0. The maximum absolute atomic E-state index is 10.9. The molecule has 43 heavy (non-hydrogen) atoms. The fraction of sp³-hybridized carbons (Fsp3) is 1.00. The zero-order valence-corrected chi connectivity index (χ0v) is 23.4. The lowest BCUT2D eigenvalue weighted by Crippen LogP contribution is -2.65. The predicted octanol–water partition coefficient (Wildman–Crippen LogP) is -8.06. The minimum absolute atomic E-state index is 0.873. The monoisotopic (exact) mass is 636 g/mol. The van der Waals surface area contributed by atoms with Gasteiger partial charge in [-0.15, -0.1) is 0 Å². The summed E-state index contributed by atoms with van der Waals surface area (Å²) in [4.78, 5) is 0. The normalized spacial score (nSPS) is 47.1. The molecule has 19 heteroatoms. The Morgan fingerprint density at radius 2 is 1.12 bits per heavy atom. The minimum atomic E-state index is -2.11. The molecule has 19 atom stereocenters. The van der Waals surface area contributed by atoms with Crippen molar-refractivity contribution in [1.82, 2.24) is 0 Å². The molecule has 3 heterocycles. The Morgan fingerprint density at radius 3 is 1.63 bits per heavy atom. The molecule has 13 N–H and O–H groups in total. The van der Waals surface area contributed by atoms with Crippen molar-refractivity contribution in [2.45, 2.75) is 130 Å². The average molecular weight is 637 g/mol. The minimum Gasteiger partial charge on any atom is -0.394 e. The standard InChI is InChI=1S/C24H44O19/c1-6-11(29)15(33)18(36)22(38-6)41-10(5-27)20(13(31)8(28)3-25)42-24-21(17(35)14(32)9(4-26)40-24)43-23-19(37)16(34)12(30)7(2)39-23/h6-37H,3-5H2,1-2H3/t6-,7-,8+,9+,10-,11+,12+,13-,14-,15+,16+,17-,18-,19-,20+,21+,22-,23-,24-/m0/s1. The van der Waals surface area contributed by atoms with Crippen LogP contribution in [0.2, 0.25) is 0 Å². The van der Waals surface area contributed by atoms with E-state index in [1.165, 1.54) is 13.8 Å². The van der Waals surface area contributed by atoms with Crippen LogP contribution >= 0.6 is 0 Å². The molecule has 3 fully saturated rings. The Hall–Kier alpha value is -0.760. The van der Waals surface area contributed by atoms with Crippen LogP contribution < -0.4 is 0 Å². The SMILES string of the molecule is C[C@@H]1O[C@@H](O[C@H]2[C@H](O[C@@H]([C@@H](O)[C@H](O)CO)[C@H](CO)O[C@@H]3O[C@@H](C)[C@@H](O)[C@@H](O)[C@@H]3O)O[C@H](CO)[C@H](O)[C@@H]2O)[C@@H](O)[C@H](O)[C@@H]1O. The maximum Gasteiger partial charge on any atom is 0.187 e. The van der Waals surface area contributed by atoms with Crippen molar-refractivity contribution < 1.29 is 94.8 Å². The summed E-state index contributed by atoms with van der Waals surface area (Å²) in [5, 5.41) is 133. The van der Waals surface area contributed by atoms with E-state index in [0.717, 1.165) is 0 Å². The third-order valence-corrected chi connectivity index (χ3v) is 7.80. The number of hydrogen-bond donors (Lipinski definition) is 13. The lowest BCUT2D eigenvalue weighted by atomic mass is 9.97. The van der Waals surface area contributed by atoms with E-state index in [4.69, 9.17) is 28.4 Å². The molecule has 0 aromatic heterocycles. The first kappa shape index (κ1) is 36.7. The van der Waals surface area contributed by atoms with Gasteiger partial charge in [-0.1, -0.05) is 0 Å². The Balaban J connectivity index is 1.92. The fourth-order valence-electron chi connectivity index (χ4n) is 4.98. The second kappa shape index (κ2) is 15.7. The first-order valence-corrected chi connectivity index (χ1v) is 13.7. The maximum atomic E-state index is 10.9. The molecule has 0 saturated carbocycles. The van der Waals surface area contributed by atoms with E-state index >= 15 is 0 Å². The molecule has 0 spiro atoms. The summed E-state index contributed by atoms with van der Waals surface area (Å²) in [7, 11) is 0. The van der Waals surface area contributed by atoms with Crippen LogP contribution in [0.4, 0.5) is 0 Å². The number of aliphatic hydroxyl groups is 13. The molecular weight excluding hydrogens is 592 g/mol. The molecule has 3 aliphatic heterocycles. The van der Waals surface area contributed by atoms with Crippen LogP contribution in [0.1, 0.15) is 13.8 Å². The number of rotatable bonds is 12. The average Bonchev–Trinajstić information content (AvgIpc) is 2.99. The molecule has 0 bridgehead atoms. The molecule has 0 amide bonds. The topological polar surface area (TPSA) is 318 Å². The van der Waals surface area contributed by atoms with Gasteiger partial charge < -0.3 is 94.8 Å². The highest BCUT2D eigenvalue weighted by Gasteiger charge is 2.52. The highest BCUT2D eigenvalue weighted by Crippen LogP contribution is 2.32. The van der Waals surface area contributed by atoms with Crippen LogP contribution in [0.15, 0.2) is 0 Å². The zero-order chi connectivity index (χ0) is 32.3. The van der Waals surface area contributed by atoms with Gasteiger partial charge in [0.1, 0.15) is 85.5 Å². The number of ether oxygens (including phenoxy) is 6. The Bertz CT molecular complexity index is 840. The van der Waals surface area contributed by atoms with Gasteiger partial charge in [0.25, 0.3) is 0 Å². The molecule has 0 aromatic carbocycles. The molecular formula is C24H44O19. The van der Waals surface area contributed by atoms with Gasteiger partial charge in [-0.25, -0.2) is 0 Å². The predicted molar refractivity (Wildman–Crippen MR) is 133 cm³/mol. The lowest BCUT2D eigenvalue weighted by Gasteiger charge is -2.47. The van der Waals surface area contributed by atoms with Gasteiger partial charge >= 0.3 is 0 Å². The molecule has 0 aromatic rings. The quantitative estimate of drug-likeness (QED) is 0.0945. The molecule has 3 saturated heterocycles. The smallest absolute Gasteiger partial charge is 0.187 e. The van der Waals surface area contributed by atoms with Crippen molar-refractivity contribution in [2.75, 3.05) is 19.8 Å². The van der Waals surface area contributed by atoms with Crippen LogP contribution in [0.3, 0.4) is 0 Å². The van der Waals surface area contributed by atoms with Crippen molar-refractivity contribution in [3.63, 3.8) is 0 Å². The van der Waals surface area contributed by atoms with Crippen molar-refractivity contribution in [3.8, 4) is 0 Å². The van der Waals surface area contributed by atoms with Crippen LogP contribution in [-0.2, 0) is 28.4 Å². The summed E-state index contributed by atoms with van der Waals surface area (Å²) in [6.45, 7) is -0.240. The van der Waals surface area contributed by atoms with Crippen LogP contribution in [0.25, 0.3) is 0 Å². The highest BCUT2D eigenvalue weighted by molar-refractivity contribution is 4.95. The van der Waals surface area contributed by atoms with Crippen molar-refractivity contribution >= 4 is 0 Å². The summed E-state index contributed by atoms with van der Waals surface area (Å²) in [6, 6.07) is 0. The van der Waals surface area contributed by atoms with Crippen molar-refractivity contribution in [1.29, 1.82) is 0 Å². The van der Waals surface area contributed by atoms with Crippen molar-refractivity contribution in [2.24, 2.45) is 0 Å². The van der Waals surface area contributed by atoms with Gasteiger partial charge in [0.2, 0.25) is 0 Å². The molecule has 0 aliphatic carbocycles. The van der Waals surface area contributed by atoms with E-state index in [1.54, 1.807) is 0 Å². The fourth-order valence-corrected chi connectivity index (χ4v) is 4.98. The molecule has 0 radical (unpaired) electrons. The summed E-state index contributed by atoms with van der Waals surface area (Å²) < 4.78 is 33.2. The molecule has 0 unspecified atom stereocenters. The second-order valence-electron chi connectivity index (χ2n) is 10.9. The van der Waals surface area contributed by atoms with Crippen molar-refractivity contribution in [3.05, 3.63) is 0 Å². The van der Waals surface area contributed by atoms with Gasteiger partial charge in [0, 0.05) is 0 Å². The van der Waals surface area contributed by atoms with Gasteiger partial charge in [-0.2, -0.15) is 0 Å². The van der Waals surface area contributed by atoms with Gasteiger partial charge in [-0.05, 0) is 13.8 Å². The van der Waals surface area contributed by atoms with E-state index in [-0.39, 0.29) is 0 Å². The van der Waals surface area contributed by atoms with E-state index in [0.29, 0.717) is 0 Å². The second-order valence-corrected chi connectivity index (χ2v) is 10.9. The Morgan fingerprint density at radius 1 is 0.581 bits per heavy atom. The first-order valence-electron chi connectivity index (χ1n) is 13.7. The molecule has 3 aliphatic rings. The number of aliphatic hydroxyl groups excluding tert-OH is 13. The third-order valence-electron chi connectivity index (χ3n) is 7.80. The van der Waals surface area contributed by atoms with Crippen LogP contribution in [-0.4, -0.2) is 203 Å². The van der Waals surface area contributed by atoms with E-state index in [9.17, 15) is 66.4 Å². The van der Waals surface area contributed by atoms with E-state index in [2.05, 4.69) is 0 Å². The largest absolute Gasteiger partial charge is 0.394 e. The third kappa shape index (κ3) is 7.97. The van der Waals surface area contributed by atoms with Crippen LogP contribution in [0, 0.1) is 0 Å². The van der Waals surface area contributed by atoms with Gasteiger partial charge in [0.15, 0.2) is 18.9 Å². The Labute approximate surface area is 245 Å². The Kier molecular flexibility index (Phi) is 13.4.